The van der Waals surface area contributed by atoms with Crippen molar-refractivity contribution < 1.29 is 9.90 Å². The van der Waals surface area contributed by atoms with E-state index >= 15 is 0 Å². The van der Waals surface area contributed by atoms with E-state index in [-0.39, 0.29) is 18.6 Å². The molecule has 1 saturated carbocycles. The molecular weight excluding hydrogens is 314 g/mol. The molecule has 3 N–H and O–H groups in total. The fraction of sp³-hybridized carbons (Fsp3) is 0.588. The predicted molar refractivity (Wildman–Crippen MR) is 92.7 cm³/mol. The number of carbonyl (C=O) groups excluding carboxylic acids is 1. The van der Waals surface area contributed by atoms with Crippen molar-refractivity contribution in [1.82, 2.24) is 15.5 Å². The molecule has 3 atom stereocenters. The average Bonchev–Trinajstić information content (AvgIpc) is 2.53. The third-order valence-corrected chi connectivity index (χ3v) is 4.67. The largest absolute Gasteiger partial charge is 0.387 e. The zero-order chi connectivity index (χ0) is 16.8. The summed E-state index contributed by atoms with van der Waals surface area (Å²) in [6.07, 6.45) is 3.56. The molecule has 2 amide bonds. The molecule has 6 heteroatoms. The van der Waals surface area contributed by atoms with Gasteiger partial charge in [0.2, 0.25) is 0 Å². The minimum Gasteiger partial charge on any atom is -0.387 e. The standard InChI is InChI=1S/C17H26ClN3O2/c1-21(2)15-5-3-4-14(10-15)20-17(23)19-11-16(22)12-6-8-13(18)9-7-12/h6-9,14-16,22H,3-5,10-11H2,1-2H3,(H2,19,20,23). The minimum absolute atomic E-state index is 0.178. The van der Waals surface area contributed by atoms with Crippen molar-refractivity contribution in [2.45, 2.75) is 43.9 Å². The number of nitrogens with one attached hydrogen (secondary N) is 2. The van der Waals surface area contributed by atoms with Crippen LogP contribution in [-0.2, 0) is 0 Å². The Morgan fingerprint density at radius 2 is 2.04 bits per heavy atom. The third kappa shape index (κ3) is 5.68. The topological polar surface area (TPSA) is 64.6 Å². The summed E-state index contributed by atoms with van der Waals surface area (Å²) >= 11 is 5.82. The quantitative estimate of drug-likeness (QED) is 0.772. The molecule has 1 aromatic carbocycles. The van der Waals surface area contributed by atoms with Crippen LogP contribution in [0.15, 0.2) is 24.3 Å². The monoisotopic (exact) mass is 339 g/mol. The lowest BCUT2D eigenvalue weighted by Gasteiger charge is -2.33. The van der Waals surface area contributed by atoms with Gasteiger partial charge in [-0.05, 0) is 57.5 Å². The number of carbonyl (C=O) groups is 1. The molecule has 0 aliphatic heterocycles. The maximum absolute atomic E-state index is 12.0. The number of benzene rings is 1. The summed E-state index contributed by atoms with van der Waals surface area (Å²) in [6.45, 7) is 0.178. The molecule has 1 fully saturated rings. The molecule has 1 aliphatic carbocycles. The van der Waals surface area contributed by atoms with Crippen LogP contribution in [0.4, 0.5) is 4.79 Å². The van der Waals surface area contributed by atoms with Gasteiger partial charge in [-0.15, -0.1) is 0 Å². The van der Waals surface area contributed by atoms with E-state index in [0.29, 0.717) is 11.1 Å². The van der Waals surface area contributed by atoms with Gasteiger partial charge in [-0.1, -0.05) is 23.7 Å². The number of amides is 2. The van der Waals surface area contributed by atoms with Crippen molar-refractivity contribution >= 4 is 17.6 Å². The van der Waals surface area contributed by atoms with E-state index in [1.54, 1.807) is 24.3 Å². The second-order valence-corrected chi connectivity index (χ2v) is 6.84. The lowest BCUT2D eigenvalue weighted by atomic mass is 9.90. The Morgan fingerprint density at radius 1 is 1.35 bits per heavy atom. The molecule has 0 spiro atoms. The summed E-state index contributed by atoms with van der Waals surface area (Å²) in [4.78, 5) is 14.2. The van der Waals surface area contributed by atoms with Gasteiger partial charge in [0.25, 0.3) is 0 Å². The van der Waals surface area contributed by atoms with Crippen LogP contribution in [0.5, 0.6) is 0 Å². The molecule has 1 aromatic rings. The highest BCUT2D eigenvalue weighted by molar-refractivity contribution is 6.30. The van der Waals surface area contributed by atoms with Gasteiger partial charge in [-0.25, -0.2) is 4.79 Å². The van der Waals surface area contributed by atoms with Crippen LogP contribution >= 0.6 is 11.6 Å². The lowest BCUT2D eigenvalue weighted by molar-refractivity contribution is 0.168. The van der Waals surface area contributed by atoms with Crippen molar-refractivity contribution in [3.8, 4) is 0 Å². The zero-order valence-electron chi connectivity index (χ0n) is 13.8. The normalized spacial score (nSPS) is 22.7. The fourth-order valence-corrected chi connectivity index (χ4v) is 3.12. The summed E-state index contributed by atoms with van der Waals surface area (Å²) < 4.78 is 0. The molecule has 5 nitrogen and oxygen atoms in total. The second kappa shape index (κ2) is 8.52. The van der Waals surface area contributed by atoms with Crippen LogP contribution in [0.2, 0.25) is 5.02 Å². The van der Waals surface area contributed by atoms with E-state index in [1.165, 1.54) is 6.42 Å². The van der Waals surface area contributed by atoms with Gasteiger partial charge in [-0.2, -0.15) is 0 Å². The van der Waals surface area contributed by atoms with Crippen LogP contribution in [0, 0.1) is 0 Å². The molecule has 3 unspecified atom stereocenters. The third-order valence-electron chi connectivity index (χ3n) is 4.42. The summed E-state index contributed by atoms with van der Waals surface area (Å²) in [5.41, 5.74) is 0.736. The summed E-state index contributed by atoms with van der Waals surface area (Å²) in [6, 6.07) is 7.47. The van der Waals surface area contributed by atoms with Crippen LogP contribution in [-0.4, -0.2) is 48.8 Å². The van der Waals surface area contributed by atoms with Crippen molar-refractivity contribution in [2.75, 3.05) is 20.6 Å². The first-order valence-corrected chi connectivity index (χ1v) is 8.48. The van der Waals surface area contributed by atoms with Gasteiger partial charge in [-0.3, -0.25) is 0 Å². The highest BCUT2D eigenvalue weighted by Gasteiger charge is 2.24. The molecule has 0 bridgehead atoms. The van der Waals surface area contributed by atoms with E-state index in [4.69, 9.17) is 11.6 Å². The zero-order valence-corrected chi connectivity index (χ0v) is 14.5. The number of hydrogen-bond acceptors (Lipinski definition) is 3. The molecule has 0 saturated heterocycles. The Labute approximate surface area is 143 Å². The molecule has 1 aliphatic rings. The summed E-state index contributed by atoms with van der Waals surface area (Å²) in [7, 11) is 4.16. The first-order valence-electron chi connectivity index (χ1n) is 8.10. The fourth-order valence-electron chi connectivity index (χ4n) is 2.99. The Hall–Kier alpha value is -1.30. The van der Waals surface area contributed by atoms with E-state index < -0.39 is 6.10 Å². The van der Waals surface area contributed by atoms with Crippen LogP contribution in [0.1, 0.15) is 37.4 Å². The highest BCUT2D eigenvalue weighted by Crippen LogP contribution is 2.21. The maximum Gasteiger partial charge on any atom is 0.315 e. The second-order valence-electron chi connectivity index (χ2n) is 6.40. The summed E-state index contributed by atoms with van der Waals surface area (Å²) in [5, 5.41) is 16.5. The number of nitrogens with zero attached hydrogens (tertiary/aromatic N) is 1. The summed E-state index contributed by atoms with van der Waals surface area (Å²) in [5.74, 6) is 0. The Kier molecular flexibility index (Phi) is 6.69. The van der Waals surface area contributed by atoms with E-state index in [1.807, 2.05) is 0 Å². The van der Waals surface area contributed by atoms with Crippen LogP contribution in [0.25, 0.3) is 0 Å². The van der Waals surface area contributed by atoms with Crippen molar-refractivity contribution in [2.24, 2.45) is 0 Å². The van der Waals surface area contributed by atoms with Crippen LogP contribution < -0.4 is 10.6 Å². The van der Waals surface area contributed by atoms with Crippen molar-refractivity contribution in [3.05, 3.63) is 34.9 Å². The van der Waals surface area contributed by atoms with Gasteiger partial charge in [0, 0.05) is 23.7 Å². The van der Waals surface area contributed by atoms with Crippen molar-refractivity contribution in [3.63, 3.8) is 0 Å². The maximum atomic E-state index is 12.0. The number of aliphatic hydroxyl groups excluding tert-OH is 1. The molecule has 0 heterocycles. The SMILES string of the molecule is CN(C)C1CCCC(NC(=O)NCC(O)c2ccc(Cl)cc2)C1. The molecule has 0 radical (unpaired) electrons. The molecule has 2 rings (SSSR count). The molecule has 0 aromatic heterocycles. The van der Waals surface area contributed by atoms with E-state index in [0.717, 1.165) is 24.8 Å². The number of aliphatic hydroxyl groups is 1. The predicted octanol–water partition coefficient (Wildman–Crippen LogP) is 2.55. The van der Waals surface area contributed by atoms with Crippen molar-refractivity contribution in [1.29, 1.82) is 0 Å². The number of urea groups is 1. The Morgan fingerprint density at radius 3 is 2.70 bits per heavy atom. The first kappa shape index (κ1) is 18.0. The molecule has 128 valence electrons. The molecule has 23 heavy (non-hydrogen) atoms. The smallest absolute Gasteiger partial charge is 0.315 e. The number of hydrogen-bond donors (Lipinski definition) is 3. The van der Waals surface area contributed by atoms with Gasteiger partial charge < -0.3 is 20.6 Å². The average molecular weight is 340 g/mol. The van der Waals surface area contributed by atoms with E-state index in [9.17, 15) is 9.90 Å². The lowest BCUT2D eigenvalue weighted by Crippen LogP contribution is -2.47. The number of halogens is 1. The molecular formula is C17H26ClN3O2. The van der Waals surface area contributed by atoms with Gasteiger partial charge >= 0.3 is 6.03 Å². The minimum atomic E-state index is -0.737. The first-order chi connectivity index (χ1) is 11.0. The highest BCUT2D eigenvalue weighted by atomic mass is 35.5. The van der Waals surface area contributed by atoms with E-state index in [2.05, 4.69) is 29.6 Å². The van der Waals surface area contributed by atoms with Crippen LogP contribution in [0.3, 0.4) is 0 Å². The van der Waals surface area contributed by atoms with Gasteiger partial charge in [0.15, 0.2) is 0 Å². The van der Waals surface area contributed by atoms with Gasteiger partial charge in [0.1, 0.15) is 0 Å². The Balaban J connectivity index is 1.75. The number of rotatable bonds is 5. The van der Waals surface area contributed by atoms with Gasteiger partial charge in [0.05, 0.1) is 6.10 Å². The Bertz CT molecular complexity index is 507.